The van der Waals surface area contributed by atoms with Crippen LogP contribution >= 0.6 is 0 Å². The molecule has 1 N–H and O–H groups in total. The van der Waals surface area contributed by atoms with Crippen LogP contribution in [0.2, 0.25) is 0 Å². The first-order valence-electron chi connectivity index (χ1n) is 8.54. The molecule has 126 valence electrons. The number of rotatable bonds is 3. The van der Waals surface area contributed by atoms with Crippen LogP contribution in [-0.4, -0.2) is 34.0 Å². The Labute approximate surface area is 141 Å². The molecule has 6 nitrogen and oxygen atoms in total. The number of anilines is 1. The lowest BCUT2D eigenvalue weighted by atomic mass is 9.75. The van der Waals surface area contributed by atoms with Gasteiger partial charge in [0.15, 0.2) is 5.82 Å². The van der Waals surface area contributed by atoms with Gasteiger partial charge < -0.3 is 9.84 Å². The normalized spacial score (nSPS) is 23.7. The zero-order valence-corrected chi connectivity index (χ0v) is 14.1. The summed E-state index contributed by atoms with van der Waals surface area (Å²) < 4.78 is 5.37. The first-order chi connectivity index (χ1) is 11.6. The summed E-state index contributed by atoms with van der Waals surface area (Å²) >= 11 is 0. The van der Waals surface area contributed by atoms with E-state index in [9.17, 15) is 4.79 Å². The first-order valence-corrected chi connectivity index (χ1v) is 8.54. The fourth-order valence-electron chi connectivity index (χ4n) is 3.82. The predicted octanol–water partition coefficient (Wildman–Crippen LogP) is 2.68. The number of nitrogens with one attached hydrogen (secondary N) is 1. The summed E-state index contributed by atoms with van der Waals surface area (Å²) in [5.74, 6) is 1.73. The van der Waals surface area contributed by atoms with E-state index in [1.54, 1.807) is 0 Å². The van der Waals surface area contributed by atoms with Gasteiger partial charge >= 0.3 is 0 Å². The third kappa shape index (κ3) is 2.41. The number of fused-ring (bicyclic) bond motifs is 2. The van der Waals surface area contributed by atoms with Gasteiger partial charge in [0.25, 0.3) is 0 Å². The Morgan fingerprint density at radius 3 is 3.00 bits per heavy atom. The molecule has 24 heavy (non-hydrogen) atoms. The number of aromatic nitrogens is 2. The summed E-state index contributed by atoms with van der Waals surface area (Å²) in [5.41, 5.74) is 1.62. The Hall–Kier alpha value is -2.21. The number of piperidine rings is 1. The van der Waals surface area contributed by atoms with Gasteiger partial charge in [-0.2, -0.15) is 4.98 Å². The second-order valence-electron chi connectivity index (χ2n) is 7.10. The Morgan fingerprint density at radius 1 is 1.38 bits per heavy atom. The molecule has 1 amide bonds. The molecule has 4 rings (SSSR count). The van der Waals surface area contributed by atoms with Gasteiger partial charge in [-0.3, -0.25) is 9.69 Å². The van der Waals surface area contributed by atoms with Crippen LogP contribution in [0.1, 0.15) is 49.9 Å². The molecule has 6 heteroatoms. The molecule has 0 unspecified atom stereocenters. The minimum absolute atomic E-state index is 0.113. The molecule has 1 aromatic heterocycles. The predicted molar refractivity (Wildman–Crippen MR) is 89.6 cm³/mol. The van der Waals surface area contributed by atoms with Crippen molar-refractivity contribution in [2.45, 2.75) is 44.6 Å². The van der Waals surface area contributed by atoms with Gasteiger partial charge in [-0.05, 0) is 31.0 Å². The van der Waals surface area contributed by atoms with Crippen molar-refractivity contribution in [1.29, 1.82) is 0 Å². The van der Waals surface area contributed by atoms with E-state index in [1.807, 2.05) is 32.0 Å². The molecule has 0 radical (unpaired) electrons. The van der Waals surface area contributed by atoms with Crippen LogP contribution in [0.3, 0.4) is 0 Å². The molecule has 3 heterocycles. The number of carbonyl (C=O) groups excluding carboxylic acids is 1. The molecule has 2 aliphatic heterocycles. The van der Waals surface area contributed by atoms with E-state index in [4.69, 9.17) is 4.52 Å². The van der Waals surface area contributed by atoms with E-state index in [-0.39, 0.29) is 11.8 Å². The number of nitrogens with zero attached hydrogens (tertiary/aromatic N) is 3. The van der Waals surface area contributed by atoms with Crippen molar-refractivity contribution in [3.8, 4) is 0 Å². The summed E-state index contributed by atoms with van der Waals surface area (Å²) in [6, 6.07) is 8.02. The summed E-state index contributed by atoms with van der Waals surface area (Å²) in [6.45, 7) is 6.32. The molecular formula is C18H22N4O2. The lowest BCUT2D eigenvalue weighted by Crippen LogP contribution is -2.49. The number of hydrogen-bond acceptors (Lipinski definition) is 5. The highest BCUT2D eigenvalue weighted by Gasteiger charge is 2.49. The standard InChI is InChI=1S/C18H22N4O2/c1-12(2)16-20-15(24-21-16)10-22-9-5-8-18(11-22)13-6-3-4-7-14(13)19-17(18)23/h3-4,6-7,12H,5,8-11H2,1-2H3,(H,19,23)/t18-/m0/s1. The quantitative estimate of drug-likeness (QED) is 0.939. The molecule has 1 saturated heterocycles. The molecule has 1 fully saturated rings. The van der Waals surface area contributed by atoms with Crippen LogP contribution < -0.4 is 5.32 Å². The molecule has 1 spiro atoms. The molecule has 0 bridgehead atoms. The van der Waals surface area contributed by atoms with Crippen molar-refractivity contribution in [1.82, 2.24) is 15.0 Å². The smallest absolute Gasteiger partial charge is 0.240 e. The topological polar surface area (TPSA) is 71.3 Å². The van der Waals surface area contributed by atoms with Gasteiger partial charge in [0.1, 0.15) is 0 Å². The molecule has 0 saturated carbocycles. The first kappa shape index (κ1) is 15.3. The van der Waals surface area contributed by atoms with Gasteiger partial charge in [0.05, 0.1) is 12.0 Å². The molecule has 0 aliphatic carbocycles. The van der Waals surface area contributed by atoms with Crippen LogP contribution in [0, 0.1) is 0 Å². The van der Waals surface area contributed by atoms with Crippen molar-refractivity contribution >= 4 is 11.6 Å². The number of benzene rings is 1. The number of hydrogen-bond donors (Lipinski definition) is 1. The molecule has 1 atom stereocenters. The van der Waals surface area contributed by atoms with Gasteiger partial charge in [0, 0.05) is 18.2 Å². The Bertz CT molecular complexity index is 770. The second-order valence-corrected chi connectivity index (χ2v) is 7.10. The maximum absolute atomic E-state index is 12.7. The Morgan fingerprint density at radius 2 is 2.21 bits per heavy atom. The number of likely N-dealkylation sites (tertiary alicyclic amines) is 1. The number of amides is 1. The van der Waals surface area contributed by atoms with Crippen LogP contribution in [0.4, 0.5) is 5.69 Å². The van der Waals surface area contributed by atoms with E-state index < -0.39 is 5.41 Å². The fourth-order valence-corrected chi connectivity index (χ4v) is 3.82. The number of para-hydroxylation sites is 1. The highest BCUT2D eigenvalue weighted by molar-refractivity contribution is 6.06. The van der Waals surface area contributed by atoms with E-state index >= 15 is 0 Å². The Kier molecular flexibility index (Phi) is 3.64. The van der Waals surface area contributed by atoms with E-state index in [2.05, 4.69) is 26.4 Å². The van der Waals surface area contributed by atoms with Crippen LogP contribution in [0.25, 0.3) is 0 Å². The van der Waals surface area contributed by atoms with Crippen molar-refractivity contribution in [2.75, 3.05) is 18.4 Å². The molecule has 1 aromatic carbocycles. The van der Waals surface area contributed by atoms with Crippen molar-refractivity contribution in [2.24, 2.45) is 0 Å². The zero-order valence-electron chi connectivity index (χ0n) is 14.1. The molecule has 2 aromatic rings. The SMILES string of the molecule is CC(C)c1noc(CN2CCC[C@@]3(C2)C(=O)Nc2ccccc23)n1. The average Bonchev–Trinajstić information content (AvgIpc) is 3.13. The van der Waals surface area contributed by atoms with Crippen LogP contribution in [0.5, 0.6) is 0 Å². The summed E-state index contributed by atoms with van der Waals surface area (Å²) in [5, 5.41) is 7.07. The average molecular weight is 326 g/mol. The number of carbonyl (C=O) groups is 1. The largest absolute Gasteiger partial charge is 0.338 e. The van der Waals surface area contributed by atoms with E-state index in [0.29, 0.717) is 19.0 Å². The van der Waals surface area contributed by atoms with Crippen molar-refractivity contribution in [3.05, 3.63) is 41.5 Å². The van der Waals surface area contributed by atoms with Crippen LogP contribution in [0.15, 0.2) is 28.8 Å². The summed E-state index contributed by atoms with van der Waals surface area (Å²) in [7, 11) is 0. The van der Waals surface area contributed by atoms with Crippen molar-refractivity contribution < 1.29 is 9.32 Å². The fraction of sp³-hybridized carbons (Fsp3) is 0.500. The third-order valence-corrected chi connectivity index (χ3v) is 5.06. The minimum Gasteiger partial charge on any atom is -0.338 e. The summed E-state index contributed by atoms with van der Waals surface area (Å²) in [6.07, 6.45) is 1.86. The van der Waals surface area contributed by atoms with Gasteiger partial charge in [-0.25, -0.2) is 0 Å². The van der Waals surface area contributed by atoms with Gasteiger partial charge in [-0.1, -0.05) is 37.2 Å². The monoisotopic (exact) mass is 326 g/mol. The van der Waals surface area contributed by atoms with Gasteiger partial charge in [-0.15, -0.1) is 0 Å². The maximum Gasteiger partial charge on any atom is 0.240 e. The highest BCUT2D eigenvalue weighted by Crippen LogP contribution is 2.43. The third-order valence-electron chi connectivity index (χ3n) is 5.06. The molecule has 2 aliphatic rings. The second kappa shape index (κ2) is 5.70. The lowest BCUT2D eigenvalue weighted by molar-refractivity contribution is -0.123. The summed E-state index contributed by atoms with van der Waals surface area (Å²) in [4.78, 5) is 19.4. The maximum atomic E-state index is 12.7. The lowest BCUT2D eigenvalue weighted by Gasteiger charge is -2.38. The van der Waals surface area contributed by atoms with Gasteiger partial charge in [0.2, 0.25) is 11.8 Å². The molecular weight excluding hydrogens is 304 g/mol. The van der Waals surface area contributed by atoms with Crippen molar-refractivity contribution in [3.63, 3.8) is 0 Å². The van der Waals surface area contributed by atoms with E-state index in [1.165, 1.54) is 0 Å². The highest BCUT2D eigenvalue weighted by atomic mass is 16.5. The van der Waals surface area contributed by atoms with Crippen LogP contribution in [-0.2, 0) is 16.8 Å². The van der Waals surface area contributed by atoms with E-state index in [0.717, 1.165) is 36.5 Å². The zero-order chi connectivity index (χ0) is 16.7. The Balaban J connectivity index is 1.56. The minimum atomic E-state index is -0.449.